The number of urea groups is 1. The molecule has 0 bridgehead atoms. The van der Waals surface area contributed by atoms with Crippen molar-refractivity contribution in [1.82, 2.24) is 10.6 Å². The van der Waals surface area contributed by atoms with Crippen molar-refractivity contribution in [3.05, 3.63) is 0 Å². The third-order valence-corrected chi connectivity index (χ3v) is 3.36. The molecule has 19 heavy (non-hydrogen) atoms. The van der Waals surface area contributed by atoms with Crippen LogP contribution in [-0.4, -0.2) is 48.9 Å². The fraction of sp³-hybridized carbons (Fsp3) is 0.833. The molecule has 0 heterocycles. The lowest BCUT2D eigenvalue weighted by Crippen LogP contribution is -2.53. The number of nitrogens with one attached hydrogen (secondary N) is 2. The minimum Gasteiger partial charge on any atom is -0.481 e. The van der Waals surface area contributed by atoms with Crippen LogP contribution in [0.25, 0.3) is 0 Å². The first-order valence-electron chi connectivity index (χ1n) is 6.57. The minimum absolute atomic E-state index is 0.00302. The van der Waals surface area contributed by atoms with Gasteiger partial charge in [-0.05, 0) is 12.8 Å². The van der Waals surface area contributed by atoms with Crippen LogP contribution in [0.3, 0.4) is 0 Å². The van der Waals surface area contributed by atoms with Crippen LogP contribution in [0.4, 0.5) is 4.79 Å². The molecule has 0 aromatic rings. The number of hydrogen-bond acceptors (Lipinski definition) is 4. The van der Waals surface area contributed by atoms with Gasteiger partial charge < -0.3 is 26.2 Å². The van der Waals surface area contributed by atoms with Gasteiger partial charge in [-0.2, -0.15) is 0 Å². The number of carbonyl (C=O) groups excluding carboxylic acids is 1. The van der Waals surface area contributed by atoms with Crippen LogP contribution in [0.2, 0.25) is 0 Å². The van der Waals surface area contributed by atoms with Crippen molar-refractivity contribution in [3.63, 3.8) is 0 Å². The number of nitrogens with two attached hydrogens (primary N) is 1. The maximum Gasteiger partial charge on any atom is 0.315 e. The summed E-state index contributed by atoms with van der Waals surface area (Å²) in [5.41, 5.74) is 5.93. The topological polar surface area (TPSA) is 114 Å². The lowest BCUT2D eigenvalue weighted by atomic mass is 9.91. The molecule has 1 rings (SSSR count). The van der Waals surface area contributed by atoms with Crippen molar-refractivity contribution < 1.29 is 19.4 Å². The highest BCUT2D eigenvalue weighted by Crippen LogP contribution is 2.16. The summed E-state index contributed by atoms with van der Waals surface area (Å²) in [5.74, 6) is -0.955. The van der Waals surface area contributed by atoms with Gasteiger partial charge in [0.05, 0.1) is 12.5 Å². The first-order valence-corrected chi connectivity index (χ1v) is 6.57. The summed E-state index contributed by atoms with van der Waals surface area (Å²) in [6.45, 7) is 0.163. The number of carboxylic acids is 1. The van der Waals surface area contributed by atoms with E-state index in [9.17, 15) is 9.59 Å². The monoisotopic (exact) mass is 273 g/mol. The summed E-state index contributed by atoms with van der Waals surface area (Å²) in [6.07, 6.45) is 3.31. The number of ether oxygens (including phenoxy) is 1. The third kappa shape index (κ3) is 5.89. The Kier molecular flexibility index (Phi) is 6.58. The Balaban J connectivity index is 2.28. The summed E-state index contributed by atoms with van der Waals surface area (Å²) >= 11 is 0. The van der Waals surface area contributed by atoms with E-state index >= 15 is 0 Å². The van der Waals surface area contributed by atoms with Gasteiger partial charge in [-0.25, -0.2) is 4.79 Å². The second kappa shape index (κ2) is 7.96. The van der Waals surface area contributed by atoms with Crippen LogP contribution in [-0.2, 0) is 9.53 Å². The number of hydrogen-bond donors (Lipinski definition) is 4. The van der Waals surface area contributed by atoms with Crippen LogP contribution >= 0.6 is 0 Å². The maximum absolute atomic E-state index is 11.7. The second-order valence-corrected chi connectivity index (χ2v) is 4.86. The lowest BCUT2D eigenvalue weighted by Gasteiger charge is -2.29. The van der Waals surface area contributed by atoms with Crippen molar-refractivity contribution in [2.24, 2.45) is 5.73 Å². The fourth-order valence-electron chi connectivity index (χ4n) is 2.20. The molecule has 1 aliphatic carbocycles. The molecule has 3 unspecified atom stereocenters. The smallest absolute Gasteiger partial charge is 0.315 e. The SMILES string of the molecule is COC(CNC(=O)NC1CCCCC1N)CC(=O)O. The average molecular weight is 273 g/mol. The van der Waals surface area contributed by atoms with Gasteiger partial charge in [0.15, 0.2) is 0 Å². The van der Waals surface area contributed by atoms with E-state index in [1.165, 1.54) is 7.11 Å². The van der Waals surface area contributed by atoms with Crippen LogP contribution in [0, 0.1) is 0 Å². The fourth-order valence-corrected chi connectivity index (χ4v) is 2.20. The molecule has 0 aromatic heterocycles. The quantitative estimate of drug-likeness (QED) is 0.546. The highest BCUT2D eigenvalue weighted by Gasteiger charge is 2.23. The van der Waals surface area contributed by atoms with Crippen LogP contribution in [0.5, 0.6) is 0 Å². The normalized spacial score (nSPS) is 24.5. The zero-order valence-electron chi connectivity index (χ0n) is 11.2. The molecular formula is C12H23N3O4. The van der Waals surface area contributed by atoms with Crippen LogP contribution in [0.1, 0.15) is 32.1 Å². The summed E-state index contributed by atoms with van der Waals surface area (Å²) in [5, 5.41) is 14.1. The van der Waals surface area contributed by atoms with Gasteiger partial charge in [0.2, 0.25) is 0 Å². The Morgan fingerprint density at radius 1 is 1.42 bits per heavy atom. The standard InChI is InChI=1S/C12H23N3O4/c1-19-8(6-11(16)17)7-14-12(18)15-10-5-3-2-4-9(10)13/h8-10H,2-7,13H2,1H3,(H,16,17)(H2,14,15,18). The first-order chi connectivity index (χ1) is 9.02. The highest BCUT2D eigenvalue weighted by molar-refractivity contribution is 5.74. The van der Waals surface area contributed by atoms with Crippen molar-refractivity contribution in [3.8, 4) is 0 Å². The molecule has 3 atom stereocenters. The molecule has 0 radical (unpaired) electrons. The molecular weight excluding hydrogens is 250 g/mol. The molecule has 1 fully saturated rings. The van der Waals surface area contributed by atoms with Gasteiger partial charge in [0.1, 0.15) is 0 Å². The maximum atomic E-state index is 11.7. The van der Waals surface area contributed by atoms with Gasteiger partial charge in [-0.3, -0.25) is 4.79 Å². The molecule has 0 saturated heterocycles. The highest BCUT2D eigenvalue weighted by atomic mass is 16.5. The Bertz CT molecular complexity index is 311. The van der Waals surface area contributed by atoms with E-state index in [1.54, 1.807) is 0 Å². The molecule has 0 aromatic carbocycles. The number of carboxylic acid groups (broad SMARTS) is 1. The van der Waals surface area contributed by atoms with E-state index in [0.29, 0.717) is 0 Å². The lowest BCUT2D eigenvalue weighted by molar-refractivity contribution is -0.139. The van der Waals surface area contributed by atoms with Gasteiger partial charge in [-0.15, -0.1) is 0 Å². The molecule has 0 spiro atoms. The number of aliphatic carboxylic acids is 1. The Labute approximate surface area is 112 Å². The molecule has 1 aliphatic rings. The Hall–Kier alpha value is -1.34. The van der Waals surface area contributed by atoms with E-state index < -0.39 is 12.1 Å². The van der Waals surface area contributed by atoms with Crippen LogP contribution < -0.4 is 16.4 Å². The molecule has 110 valence electrons. The van der Waals surface area contributed by atoms with Gasteiger partial charge >= 0.3 is 12.0 Å². The average Bonchev–Trinajstić information content (AvgIpc) is 2.37. The van der Waals surface area contributed by atoms with Crippen molar-refractivity contribution in [2.45, 2.75) is 50.3 Å². The predicted molar refractivity (Wildman–Crippen MR) is 69.8 cm³/mol. The molecule has 2 amide bonds. The predicted octanol–water partition coefficient (Wildman–Crippen LogP) is 0.0452. The summed E-state index contributed by atoms with van der Waals surface area (Å²) < 4.78 is 4.97. The number of carbonyl (C=O) groups is 2. The Morgan fingerprint density at radius 3 is 2.68 bits per heavy atom. The zero-order valence-corrected chi connectivity index (χ0v) is 11.2. The number of amides is 2. The molecule has 1 saturated carbocycles. The van der Waals surface area contributed by atoms with Gasteiger partial charge in [0, 0.05) is 25.7 Å². The first kappa shape index (κ1) is 15.7. The van der Waals surface area contributed by atoms with Gasteiger partial charge in [-0.1, -0.05) is 12.8 Å². The van der Waals surface area contributed by atoms with Crippen molar-refractivity contribution in [2.75, 3.05) is 13.7 Å². The molecule has 0 aliphatic heterocycles. The van der Waals surface area contributed by atoms with E-state index in [1.807, 2.05) is 0 Å². The Morgan fingerprint density at radius 2 is 2.11 bits per heavy atom. The molecule has 5 N–H and O–H groups in total. The van der Waals surface area contributed by atoms with Gasteiger partial charge in [0.25, 0.3) is 0 Å². The van der Waals surface area contributed by atoms with Crippen LogP contribution in [0.15, 0.2) is 0 Å². The van der Waals surface area contributed by atoms with E-state index in [-0.39, 0.29) is 31.1 Å². The molecule has 7 heteroatoms. The third-order valence-electron chi connectivity index (χ3n) is 3.36. The summed E-state index contributed by atoms with van der Waals surface area (Å²) in [4.78, 5) is 22.2. The van der Waals surface area contributed by atoms with E-state index in [0.717, 1.165) is 25.7 Å². The van der Waals surface area contributed by atoms with E-state index in [2.05, 4.69) is 10.6 Å². The zero-order chi connectivity index (χ0) is 14.3. The number of methoxy groups -OCH3 is 1. The summed E-state index contributed by atoms with van der Waals surface area (Å²) in [7, 11) is 1.42. The number of rotatable bonds is 6. The minimum atomic E-state index is -0.955. The van der Waals surface area contributed by atoms with Crippen molar-refractivity contribution in [1.29, 1.82) is 0 Å². The second-order valence-electron chi connectivity index (χ2n) is 4.86. The van der Waals surface area contributed by atoms with E-state index in [4.69, 9.17) is 15.6 Å². The molecule has 7 nitrogen and oxygen atoms in total. The summed E-state index contributed by atoms with van der Waals surface area (Å²) in [6, 6.07) is -0.333. The van der Waals surface area contributed by atoms with Crippen molar-refractivity contribution >= 4 is 12.0 Å². The largest absolute Gasteiger partial charge is 0.481 e.